The number of hydrogen-bond donors (Lipinski definition) is 1. The van der Waals surface area contributed by atoms with Crippen LogP contribution in [0.4, 0.5) is 0 Å². The first kappa shape index (κ1) is 12.5. The second-order valence-electron chi connectivity index (χ2n) is 2.87. The predicted octanol–water partition coefficient (Wildman–Crippen LogP) is 2.83. The van der Waals surface area contributed by atoms with E-state index in [-0.39, 0.29) is 6.61 Å². The molecule has 0 saturated heterocycles. The highest BCUT2D eigenvalue weighted by molar-refractivity contribution is 9.11. The maximum absolute atomic E-state index is 8.43. The Morgan fingerprint density at radius 2 is 2.00 bits per heavy atom. The monoisotopic (exact) mass is 332 g/mol. The van der Waals surface area contributed by atoms with Crippen LogP contribution in [0, 0.1) is 11.3 Å². The average molecular weight is 334 g/mol. The molecule has 0 aromatic heterocycles. The van der Waals surface area contributed by atoms with Crippen molar-refractivity contribution >= 4 is 31.9 Å². The largest absolute Gasteiger partial charge is 0.476 e. The van der Waals surface area contributed by atoms with Crippen LogP contribution in [0.15, 0.2) is 21.1 Å². The van der Waals surface area contributed by atoms with E-state index in [1.807, 2.05) is 25.2 Å². The number of nitrogens with one attached hydrogen (secondary N) is 1. The van der Waals surface area contributed by atoms with E-state index in [0.29, 0.717) is 5.75 Å². The van der Waals surface area contributed by atoms with E-state index in [4.69, 9.17) is 10.00 Å². The molecule has 80 valence electrons. The van der Waals surface area contributed by atoms with Gasteiger partial charge in [-0.2, -0.15) is 5.26 Å². The Morgan fingerprint density at radius 3 is 2.47 bits per heavy atom. The van der Waals surface area contributed by atoms with Gasteiger partial charge in [-0.05, 0) is 56.6 Å². The van der Waals surface area contributed by atoms with E-state index in [9.17, 15) is 0 Å². The highest BCUT2D eigenvalue weighted by Crippen LogP contribution is 2.34. The highest BCUT2D eigenvalue weighted by Gasteiger charge is 2.08. The molecule has 0 atom stereocenters. The van der Waals surface area contributed by atoms with E-state index in [2.05, 4.69) is 37.2 Å². The molecule has 0 spiro atoms. The van der Waals surface area contributed by atoms with Crippen LogP contribution in [-0.4, -0.2) is 13.7 Å². The maximum atomic E-state index is 8.43. The molecule has 1 aromatic rings. The molecule has 1 aromatic carbocycles. The van der Waals surface area contributed by atoms with Gasteiger partial charge in [0.05, 0.1) is 8.95 Å². The number of ether oxygens (including phenoxy) is 1. The molecular weight excluding hydrogens is 324 g/mol. The van der Waals surface area contributed by atoms with Crippen molar-refractivity contribution in [1.29, 1.82) is 5.26 Å². The zero-order valence-corrected chi connectivity index (χ0v) is 11.4. The number of rotatable bonds is 4. The lowest BCUT2D eigenvalue weighted by atomic mass is 10.2. The first-order valence-electron chi connectivity index (χ1n) is 4.31. The van der Waals surface area contributed by atoms with Gasteiger partial charge in [-0.3, -0.25) is 0 Å². The van der Waals surface area contributed by atoms with Gasteiger partial charge in [0.1, 0.15) is 11.8 Å². The summed E-state index contributed by atoms with van der Waals surface area (Å²) in [6.45, 7) is 0.832. The summed E-state index contributed by atoms with van der Waals surface area (Å²) in [5.74, 6) is 0.663. The summed E-state index contributed by atoms with van der Waals surface area (Å²) in [6, 6.07) is 5.87. The number of benzene rings is 1. The Balaban J connectivity index is 2.94. The Labute approximate surface area is 106 Å². The molecular formula is C10H10Br2N2O. The smallest absolute Gasteiger partial charge is 0.174 e. The van der Waals surface area contributed by atoms with Gasteiger partial charge in [-0.15, -0.1) is 0 Å². The van der Waals surface area contributed by atoms with Crippen molar-refractivity contribution in [2.24, 2.45) is 0 Å². The molecule has 0 saturated carbocycles. The molecule has 15 heavy (non-hydrogen) atoms. The SMILES string of the molecule is CNCc1cc(Br)c(OCC#N)c(Br)c1. The zero-order valence-electron chi connectivity index (χ0n) is 8.18. The first-order chi connectivity index (χ1) is 7.19. The van der Waals surface area contributed by atoms with Crippen molar-refractivity contribution in [3.8, 4) is 11.8 Å². The molecule has 0 radical (unpaired) electrons. The van der Waals surface area contributed by atoms with Crippen LogP contribution in [-0.2, 0) is 6.54 Å². The third-order valence-electron chi connectivity index (χ3n) is 1.72. The predicted molar refractivity (Wildman–Crippen MR) is 65.7 cm³/mol. The van der Waals surface area contributed by atoms with Gasteiger partial charge < -0.3 is 10.1 Å². The highest BCUT2D eigenvalue weighted by atomic mass is 79.9. The normalized spacial score (nSPS) is 9.73. The minimum absolute atomic E-state index is 0.0442. The van der Waals surface area contributed by atoms with Gasteiger partial charge in [-0.25, -0.2) is 0 Å². The molecule has 0 unspecified atom stereocenters. The van der Waals surface area contributed by atoms with Gasteiger partial charge in [0.25, 0.3) is 0 Å². The van der Waals surface area contributed by atoms with Crippen LogP contribution in [0.1, 0.15) is 5.56 Å². The lowest BCUT2D eigenvalue weighted by Crippen LogP contribution is -2.05. The number of nitrogens with zero attached hydrogens (tertiary/aromatic N) is 1. The second kappa shape index (κ2) is 6.11. The van der Waals surface area contributed by atoms with E-state index in [0.717, 1.165) is 21.1 Å². The lowest BCUT2D eigenvalue weighted by Gasteiger charge is -2.09. The maximum Gasteiger partial charge on any atom is 0.174 e. The Hall–Kier alpha value is -0.570. The topological polar surface area (TPSA) is 45.0 Å². The zero-order chi connectivity index (χ0) is 11.3. The van der Waals surface area contributed by atoms with Gasteiger partial charge in [0, 0.05) is 6.54 Å². The van der Waals surface area contributed by atoms with Gasteiger partial charge in [-0.1, -0.05) is 0 Å². The standard InChI is InChI=1S/C10H10Br2N2O/c1-14-6-7-4-8(11)10(9(12)5-7)15-3-2-13/h4-5,14H,3,6H2,1H3. The molecule has 3 nitrogen and oxygen atoms in total. The van der Waals surface area contributed by atoms with Crippen LogP contribution in [0.2, 0.25) is 0 Å². The van der Waals surface area contributed by atoms with Crippen molar-refractivity contribution in [2.75, 3.05) is 13.7 Å². The van der Waals surface area contributed by atoms with Crippen LogP contribution < -0.4 is 10.1 Å². The van der Waals surface area contributed by atoms with Crippen LogP contribution in [0.3, 0.4) is 0 Å². The van der Waals surface area contributed by atoms with Gasteiger partial charge >= 0.3 is 0 Å². The third kappa shape index (κ3) is 3.49. The minimum atomic E-state index is 0.0442. The Bertz CT molecular complexity index is 364. The number of hydrogen-bond acceptors (Lipinski definition) is 3. The minimum Gasteiger partial charge on any atom is -0.476 e. The van der Waals surface area contributed by atoms with E-state index >= 15 is 0 Å². The molecule has 5 heteroatoms. The van der Waals surface area contributed by atoms with Crippen LogP contribution in [0.5, 0.6) is 5.75 Å². The van der Waals surface area contributed by atoms with Gasteiger partial charge in [0.2, 0.25) is 0 Å². The van der Waals surface area contributed by atoms with Crippen molar-refractivity contribution in [1.82, 2.24) is 5.32 Å². The summed E-state index contributed by atoms with van der Waals surface area (Å²) in [5.41, 5.74) is 1.14. The lowest BCUT2D eigenvalue weighted by molar-refractivity contribution is 0.363. The molecule has 0 heterocycles. The van der Waals surface area contributed by atoms with Crippen molar-refractivity contribution in [2.45, 2.75) is 6.54 Å². The summed E-state index contributed by atoms with van der Waals surface area (Å²) in [6.07, 6.45) is 0. The fourth-order valence-corrected chi connectivity index (χ4v) is 2.67. The molecule has 0 aliphatic rings. The summed E-state index contributed by atoms with van der Waals surface area (Å²) in [4.78, 5) is 0. The number of halogens is 2. The van der Waals surface area contributed by atoms with Crippen molar-refractivity contribution in [3.63, 3.8) is 0 Å². The third-order valence-corrected chi connectivity index (χ3v) is 2.90. The Kier molecular flexibility index (Phi) is 5.09. The molecule has 1 N–H and O–H groups in total. The fourth-order valence-electron chi connectivity index (χ4n) is 1.16. The van der Waals surface area contributed by atoms with E-state index < -0.39 is 0 Å². The second-order valence-corrected chi connectivity index (χ2v) is 4.57. The summed E-state index contributed by atoms with van der Waals surface area (Å²) < 4.78 is 6.96. The molecule has 0 aliphatic heterocycles. The number of nitriles is 1. The van der Waals surface area contributed by atoms with E-state index in [1.54, 1.807) is 0 Å². The van der Waals surface area contributed by atoms with Crippen LogP contribution in [0.25, 0.3) is 0 Å². The summed E-state index contributed by atoms with van der Waals surface area (Å²) in [5, 5.41) is 11.5. The molecule has 0 aliphatic carbocycles. The van der Waals surface area contributed by atoms with Gasteiger partial charge in [0.15, 0.2) is 6.61 Å². The molecule has 0 amide bonds. The van der Waals surface area contributed by atoms with E-state index in [1.165, 1.54) is 0 Å². The molecule has 0 fully saturated rings. The first-order valence-corrected chi connectivity index (χ1v) is 5.90. The quantitative estimate of drug-likeness (QED) is 0.921. The summed E-state index contributed by atoms with van der Waals surface area (Å²) >= 11 is 6.81. The summed E-state index contributed by atoms with van der Waals surface area (Å²) in [7, 11) is 1.89. The van der Waals surface area contributed by atoms with Crippen molar-refractivity contribution in [3.05, 3.63) is 26.6 Å². The Morgan fingerprint density at radius 1 is 1.40 bits per heavy atom. The average Bonchev–Trinajstić information content (AvgIpc) is 2.17. The molecule has 0 bridgehead atoms. The fraction of sp³-hybridized carbons (Fsp3) is 0.300. The molecule has 1 rings (SSSR count). The van der Waals surface area contributed by atoms with Crippen LogP contribution >= 0.6 is 31.9 Å². The van der Waals surface area contributed by atoms with Crippen molar-refractivity contribution < 1.29 is 4.74 Å².